The number of terminal acetylenes is 1. The van der Waals surface area contributed by atoms with E-state index >= 15 is 0 Å². The molecule has 0 aliphatic rings. The third kappa shape index (κ3) is 4.55. The largest absolute Gasteiger partial charge is 0.480 e. The molecule has 1 aromatic rings. The molecule has 7 nitrogen and oxygen atoms in total. The second-order valence-corrected chi connectivity index (χ2v) is 3.51. The number of nitrogens with one attached hydrogen (secondary N) is 1. The van der Waals surface area contributed by atoms with Gasteiger partial charge in [0.25, 0.3) is 5.91 Å². The molecule has 0 aliphatic heterocycles. The first kappa shape index (κ1) is 14.3. The molecule has 0 bridgehead atoms. The summed E-state index contributed by atoms with van der Waals surface area (Å²) >= 11 is 0. The summed E-state index contributed by atoms with van der Waals surface area (Å²) in [5.74, 6) is -0.0794. The summed E-state index contributed by atoms with van der Waals surface area (Å²) in [5, 5.41) is 10.9. The van der Waals surface area contributed by atoms with Gasteiger partial charge in [0, 0.05) is 0 Å². The van der Waals surface area contributed by atoms with Gasteiger partial charge >= 0.3 is 5.97 Å². The highest BCUT2D eigenvalue weighted by Gasteiger charge is 2.17. The fourth-order valence-corrected chi connectivity index (χ4v) is 1.27. The minimum absolute atomic E-state index is 0.0644. The van der Waals surface area contributed by atoms with Crippen molar-refractivity contribution in [3.8, 4) is 12.3 Å². The Balaban J connectivity index is 2.50. The highest BCUT2D eigenvalue weighted by Crippen LogP contribution is 1.99. The van der Waals surface area contributed by atoms with Crippen molar-refractivity contribution in [1.82, 2.24) is 10.2 Å². The molecular weight excluding hydrogens is 252 g/mol. The zero-order valence-corrected chi connectivity index (χ0v) is 9.96. The normalized spacial score (nSPS) is 9.42. The van der Waals surface area contributed by atoms with Crippen LogP contribution in [0.3, 0.4) is 0 Å². The van der Waals surface area contributed by atoms with Gasteiger partial charge in [-0.05, 0) is 12.1 Å². The minimum atomic E-state index is -1.18. The van der Waals surface area contributed by atoms with Crippen LogP contribution in [-0.4, -0.2) is 47.4 Å². The lowest BCUT2D eigenvalue weighted by Gasteiger charge is -2.17. The molecule has 0 unspecified atom stereocenters. The number of rotatable bonds is 6. The quantitative estimate of drug-likeness (QED) is 0.678. The molecule has 0 radical (unpaired) electrons. The van der Waals surface area contributed by atoms with Gasteiger partial charge in [-0.2, -0.15) is 0 Å². The van der Waals surface area contributed by atoms with E-state index in [9.17, 15) is 14.4 Å². The maximum atomic E-state index is 11.7. The van der Waals surface area contributed by atoms with Crippen LogP contribution >= 0.6 is 0 Å². The van der Waals surface area contributed by atoms with Gasteiger partial charge in [0.1, 0.15) is 6.54 Å². The molecule has 0 atom stereocenters. The zero-order valence-electron chi connectivity index (χ0n) is 9.96. The Morgan fingerprint density at radius 3 is 2.74 bits per heavy atom. The van der Waals surface area contributed by atoms with E-state index in [-0.39, 0.29) is 18.8 Å². The predicted octanol–water partition coefficient (Wildman–Crippen LogP) is -0.444. The van der Waals surface area contributed by atoms with Crippen molar-refractivity contribution >= 4 is 17.8 Å². The average molecular weight is 264 g/mol. The number of amides is 2. The van der Waals surface area contributed by atoms with E-state index in [1.54, 1.807) is 0 Å². The summed E-state index contributed by atoms with van der Waals surface area (Å²) in [6.07, 6.45) is 6.36. The van der Waals surface area contributed by atoms with E-state index in [2.05, 4.69) is 11.2 Å². The Hall–Kier alpha value is -2.75. The second-order valence-electron chi connectivity index (χ2n) is 3.51. The second kappa shape index (κ2) is 6.86. The van der Waals surface area contributed by atoms with Crippen molar-refractivity contribution < 1.29 is 23.9 Å². The first-order valence-electron chi connectivity index (χ1n) is 5.29. The van der Waals surface area contributed by atoms with E-state index in [0.29, 0.717) is 0 Å². The summed E-state index contributed by atoms with van der Waals surface area (Å²) in [4.78, 5) is 34.6. The number of carboxylic acid groups (broad SMARTS) is 1. The smallest absolute Gasteiger partial charge is 0.323 e. The number of carbonyl (C=O) groups is 3. The van der Waals surface area contributed by atoms with Crippen molar-refractivity contribution in [3.05, 3.63) is 24.2 Å². The lowest BCUT2D eigenvalue weighted by molar-refractivity contribution is -0.143. The Bertz CT molecular complexity index is 501. The van der Waals surface area contributed by atoms with Crippen LogP contribution in [0.4, 0.5) is 0 Å². The van der Waals surface area contributed by atoms with E-state index < -0.39 is 24.3 Å². The van der Waals surface area contributed by atoms with Crippen LogP contribution in [0, 0.1) is 12.3 Å². The van der Waals surface area contributed by atoms with Crippen LogP contribution < -0.4 is 5.32 Å². The maximum Gasteiger partial charge on any atom is 0.323 e. The van der Waals surface area contributed by atoms with Crippen LogP contribution in [0.5, 0.6) is 0 Å². The first-order chi connectivity index (χ1) is 9.04. The predicted molar refractivity (Wildman–Crippen MR) is 64.1 cm³/mol. The Morgan fingerprint density at radius 2 is 2.21 bits per heavy atom. The number of carbonyl (C=O) groups excluding carboxylic acids is 2. The van der Waals surface area contributed by atoms with Crippen LogP contribution in [0.15, 0.2) is 22.8 Å². The van der Waals surface area contributed by atoms with E-state index in [0.717, 1.165) is 4.90 Å². The van der Waals surface area contributed by atoms with Gasteiger partial charge in [0.2, 0.25) is 5.91 Å². The molecule has 0 aliphatic carbocycles. The number of nitrogens with zero attached hydrogens (tertiary/aromatic N) is 1. The number of aliphatic carboxylic acids is 1. The summed E-state index contributed by atoms with van der Waals surface area (Å²) in [6, 6.07) is 2.97. The van der Waals surface area contributed by atoms with Gasteiger partial charge < -0.3 is 19.7 Å². The fourth-order valence-electron chi connectivity index (χ4n) is 1.27. The standard InChI is InChI=1S/C12H12N2O5/c1-2-5-14(8-11(16)17)10(15)7-13-12(18)9-4-3-6-19-9/h1,3-4,6H,5,7-8H2,(H,13,18)(H,16,17). The molecule has 0 aromatic carbocycles. The molecule has 1 rings (SSSR count). The van der Waals surface area contributed by atoms with Crippen LogP contribution in [0.25, 0.3) is 0 Å². The van der Waals surface area contributed by atoms with Gasteiger partial charge in [-0.15, -0.1) is 6.42 Å². The number of carboxylic acids is 1. The number of hydrogen-bond acceptors (Lipinski definition) is 4. The molecule has 1 aromatic heterocycles. The molecule has 2 amide bonds. The average Bonchev–Trinajstić information content (AvgIpc) is 2.88. The Labute approximate surface area is 109 Å². The van der Waals surface area contributed by atoms with Crippen molar-refractivity contribution in [2.45, 2.75) is 0 Å². The molecule has 0 spiro atoms. The molecule has 19 heavy (non-hydrogen) atoms. The highest BCUT2D eigenvalue weighted by molar-refractivity contribution is 5.94. The summed E-state index contributed by atoms with van der Waals surface area (Å²) < 4.78 is 4.84. The van der Waals surface area contributed by atoms with Crippen LogP contribution in [0.1, 0.15) is 10.6 Å². The lowest BCUT2D eigenvalue weighted by Crippen LogP contribution is -2.42. The molecule has 1 heterocycles. The molecule has 0 fully saturated rings. The first-order valence-corrected chi connectivity index (χ1v) is 5.29. The Morgan fingerprint density at radius 1 is 1.47 bits per heavy atom. The van der Waals surface area contributed by atoms with E-state index in [1.165, 1.54) is 18.4 Å². The molecule has 2 N–H and O–H groups in total. The van der Waals surface area contributed by atoms with Crippen molar-refractivity contribution in [2.24, 2.45) is 0 Å². The number of hydrogen-bond donors (Lipinski definition) is 2. The van der Waals surface area contributed by atoms with Gasteiger partial charge in [0.15, 0.2) is 5.76 Å². The Kier molecular flexibility index (Phi) is 5.17. The van der Waals surface area contributed by atoms with Crippen molar-refractivity contribution in [3.63, 3.8) is 0 Å². The molecule has 0 saturated heterocycles. The van der Waals surface area contributed by atoms with Gasteiger partial charge in [-0.1, -0.05) is 5.92 Å². The maximum absolute atomic E-state index is 11.7. The number of furan rings is 1. The van der Waals surface area contributed by atoms with Crippen molar-refractivity contribution in [1.29, 1.82) is 0 Å². The zero-order chi connectivity index (χ0) is 14.3. The van der Waals surface area contributed by atoms with E-state index in [4.69, 9.17) is 15.9 Å². The molecule has 100 valence electrons. The third-order valence-corrected chi connectivity index (χ3v) is 2.11. The molecule has 0 saturated carbocycles. The molecular formula is C12H12N2O5. The van der Waals surface area contributed by atoms with Crippen LogP contribution in [-0.2, 0) is 9.59 Å². The van der Waals surface area contributed by atoms with Crippen molar-refractivity contribution in [2.75, 3.05) is 19.6 Å². The summed E-state index contributed by atoms with van der Waals surface area (Å²) in [5.41, 5.74) is 0. The minimum Gasteiger partial charge on any atom is -0.480 e. The van der Waals surface area contributed by atoms with Gasteiger partial charge in [-0.25, -0.2) is 0 Å². The fraction of sp³-hybridized carbons (Fsp3) is 0.250. The highest BCUT2D eigenvalue weighted by atomic mass is 16.4. The SMILES string of the molecule is C#CCN(CC(=O)O)C(=O)CNC(=O)c1ccco1. The topological polar surface area (TPSA) is 99.9 Å². The third-order valence-electron chi connectivity index (χ3n) is 2.11. The van der Waals surface area contributed by atoms with E-state index in [1.807, 2.05) is 0 Å². The monoisotopic (exact) mass is 264 g/mol. The molecule has 7 heteroatoms. The van der Waals surface area contributed by atoms with Gasteiger partial charge in [0.05, 0.1) is 19.4 Å². The van der Waals surface area contributed by atoms with Crippen LogP contribution in [0.2, 0.25) is 0 Å². The lowest BCUT2D eigenvalue weighted by atomic mass is 10.4. The summed E-state index contributed by atoms with van der Waals surface area (Å²) in [6.45, 7) is -1.00. The van der Waals surface area contributed by atoms with Gasteiger partial charge in [-0.3, -0.25) is 14.4 Å². The summed E-state index contributed by atoms with van der Waals surface area (Å²) in [7, 11) is 0.